The van der Waals surface area contributed by atoms with Crippen molar-refractivity contribution in [3.05, 3.63) is 48.3 Å². The maximum absolute atomic E-state index is 13.1. The second-order valence-corrected chi connectivity index (χ2v) is 7.86. The monoisotopic (exact) mass is 409 g/mol. The fourth-order valence-electron chi connectivity index (χ4n) is 2.58. The van der Waals surface area contributed by atoms with Crippen molar-refractivity contribution in [3.8, 4) is 5.75 Å². The first-order valence-electron chi connectivity index (χ1n) is 7.84. The first-order chi connectivity index (χ1) is 12.7. The summed E-state index contributed by atoms with van der Waals surface area (Å²) in [6, 6.07) is 8.50. The third kappa shape index (κ3) is 3.71. The number of benzene rings is 2. The fourth-order valence-corrected chi connectivity index (χ4v) is 4.02. The van der Waals surface area contributed by atoms with Gasteiger partial charge >= 0.3 is 0 Å². The van der Waals surface area contributed by atoms with E-state index in [1.807, 2.05) is 0 Å². The van der Waals surface area contributed by atoms with Crippen LogP contribution in [0.5, 0.6) is 5.75 Å². The second-order valence-electron chi connectivity index (χ2n) is 5.79. The van der Waals surface area contributed by atoms with E-state index in [0.717, 1.165) is 24.3 Å². The normalized spacial score (nSPS) is 17.0. The molecule has 0 aliphatic carbocycles. The highest BCUT2D eigenvalue weighted by Crippen LogP contribution is 2.32. The SMILES string of the molecule is COc1ccc(N2C(=O)[C@H](C)NC2=S)cc1NS(=O)(=O)c1ccc(F)cc1. The summed E-state index contributed by atoms with van der Waals surface area (Å²) in [7, 11) is -2.60. The molecule has 142 valence electrons. The highest BCUT2D eigenvalue weighted by molar-refractivity contribution is 7.92. The van der Waals surface area contributed by atoms with Gasteiger partial charge < -0.3 is 10.1 Å². The minimum atomic E-state index is -3.99. The van der Waals surface area contributed by atoms with Crippen molar-refractivity contribution in [2.75, 3.05) is 16.7 Å². The molecule has 2 N–H and O–H groups in total. The van der Waals surface area contributed by atoms with Crippen molar-refractivity contribution in [2.24, 2.45) is 0 Å². The Labute approximate surface area is 161 Å². The molecule has 1 amide bonds. The van der Waals surface area contributed by atoms with Gasteiger partial charge in [-0.05, 0) is 61.6 Å². The number of nitrogens with one attached hydrogen (secondary N) is 2. The summed E-state index contributed by atoms with van der Waals surface area (Å²) in [6.45, 7) is 1.68. The molecule has 1 aliphatic rings. The third-order valence-electron chi connectivity index (χ3n) is 3.94. The van der Waals surface area contributed by atoms with Crippen LogP contribution >= 0.6 is 12.2 Å². The number of carbonyl (C=O) groups is 1. The van der Waals surface area contributed by atoms with Crippen LogP contribution in [0.25, 0.3) is 0 Å². The number of nitrogens with zero attached hydrogens (tertiary/aromatic N) is 1. The number of carbonyl (C=O) groups excluding carboxylic acids is 1. The molecule has 2 aromatic carbocycles. The van der Waals surface area contributed by atoms with E-state index in [9.17, 15) is 17.6 Å². The Morgan fingerprint density at radius 1 is 1.22 bits per heavy atom. The molecule has 1 aliphatic heterocycles. The van der Waals surface area contributed by atoms with Crippen molar-refractivity contribution < 1.29 is 22.3 Å². The van der Waals surface area contributed by atoms with Crippen LogP contribution in [0.3, 0.4) is 0 Å². The van der Waals surface area contributed by atoms with Crippen LogP contribution in [-0.4, -0.2) is 32.6 Å². The van der Waals surface area contributed by atoms with Crippen molar-refractivity contribution in [2.45, 2.75) is 17.9 Å². The van der Waals surface area contributed by atoms with Crippen molar-refractivity contribution in [1.82, 2.24) is 5.32 Å². The van der Waals surface area contributed by atoms with E-state index in [1.165, 1.54) is 24.1 Å². The summed E-state index contributed by atoms with van der Waals surface area (Å²) >= 11 is 5.17. The second kappa shape index (κ2) is 7.12. The fraction of sp³-hybridized carbons (Fsp3) is 0.176. The predicted octanol–water partition coefficient (Wildman–Crippen LogP) is 2.24. The van der Waals surface area contributed by atoms with Gasteiger partial charge in [0, 0.05) is 0 Å². The standard InChI is InChI=1S/C17H16FN3O4S2/c1-10-16(22)21(17(26)19-10)12-5-8-15(25-2)14(9-12)20-27(23,24)13-6-3-11(18)4-7-13/h3-10,20H,1-2H3,(H,19,26)/t10-/m0/s1. The minimum absolute atomic E-state index is 0.112. The van der Waals surface area contributed by atoms with Crippen molar-refractivity contribution in [3.63, 3.8) is 0 Å². The van der Waals surface area contributed by atoms with Crippen molar-refractivity contribution >= 4 is 44.6 Å². The molecule has 7 nitrogen and oxygen atoms in total. The van der Waals surface area contributed by atoms with Gasteiger partial charge in [-0.1, -0.05) is 0 Å². The van der Waals surface area contributed by atoms with E-state index in [1.54, 1.807) is 13.0 Å². The number of halogens is 1. The maximum atomic E-state index is 13.1. The number of thiocarbonyl (C=S) groups is 1. The van der Waals surface area contributed by atoms with Gasteiger partial charge in [0.05, 0.1) is 23.4 Å². The van der Waals surface area contributed by atoms with Gasteiger partial charge in [-0.15, -0.1) is 0 Å². The number of anilines is 2. The molecular formula is C17H16FN3O4S2. The molecule has 0 saturated carbocycles. The van der Waals surface area contributed by atoms with E-state index in [2.05, 4.69) is 10.0 Å². The van der Waals surface area contributed by atoms with Crippen LogP contribution in [0.15, 0.2) is 47.4 Å². The number of methoxy groups -OCH3 is 1. The van der Waals surface area contributed by atoms with Crippen LogP contribution in [-0.2, 0) is 14.8 Å². The Morgan fingerprint density at radius 3 is 2.44 bits per heavy atom. The lowest BCUT2D eigenvalue weighted by atomic mass is 10.2. The highest BCUT2D eigenvalue weighted by Gasteiger charge is 2.33. The molecule has 3 rings (SSSR count). The van der Waals surface area contributed by atoms with E-state index < -0.39 is 21.9 Å². The Morgan fingerprint density at radius 2 is 1.89 bits per heavy atom. The van der Waals surface area contributed by atoms with Crippen molar-refractivity contribution in [1.29, 1.82) is 0 Å². The lowest BCUT2D eigenvalue weighted by Gasteiger charge is -2.18. The molecule has 0 unspecified atom stereocenters. The largest absolute Gasteiger partial charge is 0.495 e. The molecule has 2 aromatic rings. The topological polar surface area (TPSA) is 87.7 Å². The van der Waals surface area contributed by atoms with E-state index in [-0.39, 0.29) is 27.4 Å². The van der Waals surface area contributed by atoms with Gasteiger partial charge in [-0.2, -0.15) is 0 Å². The number of ether oxygens (including phenoxy) is 1. The lowest BCUT2D eigenvalue weighted by Crippen LogP contribution is -2.30. The summed E-state index contributed by atoms with van der Waals surface area (Å²) in [4.78, 5) is 13.5. The van der Waals surface area contributed by atoms with Crippen LogP contribution in [0.4, 0.5) is 15.8 Å². The molecule has 10 heteroatoms. The zero-order valence-corrected chi connectivity index (χ0v) is 16.0. The molecule has 1 heterocycles. The van der Waals surface area contributed by atoms with Gasteiger partial charge in [0.15, 0.2) is 5.11 Å². The van der Waals surface area contributed by atoms with Crippen LogP contribution in [0, 0.1) is 5.82 Å². The quantitative estimate of drug-likeness (QED) is 0.737. The molecular weight excluding hydrogens is 393 g/mol. The Hall–Kier alpha value is -2.72. The van der Waals surface area contributed by atoms with E-state index >= 15 is 0 Å². The molecule has 0 radical (unpaired) electrons. The molecule has 27 heavy (non-hydrogen) atoms. The van der Waals surface area contributed by atoms with Crippen LogP contribution in [0.1, 0.15) is 6.92 Å². The zero-order valence-electron chi connectivity index (χ0n) is 14.4. The minimum Gasteiger partial charge on any atom is -0.495 e. The molecule has 0 bridgehead atoms. The van der Waals surface area contributed by atoms with Crippen LogP contribution < -0.4 is 19.7 Å². The lowest BCUT2D eigenvalue weighted by molar-refractivity contribution is -0.117. The number of rotatable bonds is 5. The highest BCUT2D eigenvalue weighted by atomic mass is 32.2. The molecule has 0 aromatic heterocycles. The molecule has 1 atom stereocenters. The number of amides is 1. The van der Waals surface area contributed by atoms with Gasteiger partial charge in [0.25, 0.3) is 15.9 Å². The molecule has 0 spiro atoms. The summed E-state index contributed by atoms with van der Waals surface area (Å²) in [5.74, 6) is -0.545. The number of sulfonamides is 1. The Bertz CT molecular complexity index is 1010. The van der Waals surface area contributed by atoms with E-state index in [4.69, 9.17) is 17.0 Å². The summed E-state index contributed by atoms with van der Waals surface area (Å²) in [6.07, 6.45) is 0. The smallest absolute Gasteiger partial charge is 0.262 e. The average molecular weight is 409 g/mol. The predicted molar refractivity (Wildman–Crippen MR) is 103 cm³/mol. The Kier molecular flexibility index (Phi) is 5.03. The van der Waals surface area contributed by atoms with Crippen LogP contribution in [0.2, 0.25) is 0 Å². The summed E-state index contributed by atoms with van der Waals surface area (Å²) in [5, 5.41) is 3.07. The zero-order chi connectivity index (χ0) is 19.8. The average Bonchev–Trinajstić information content (AvgIpc) is 2.87. The number of hydrogen-bond donors (Lipinski definition) is 2. The summed E-state index contributed by atoms with van der Waals surface area (Å²) in [5.41, 5.74) is 0.508. The third-order valence-corrected chi connectivity index (χ3v) is 5.63. The molecule has 1 saturated heterocycles. The first-order valence-corrected chi connectivity index (χ1v) is 9.73. The van der Waals surface area contributed by atoms with Gasteiger partial charge in [-0.25, -0.2) is 12.8 Å². The van der Waals surface area contributed by atoms with Gasteiger partial charge in [-0.3, -0.25) is 14.4 Å². The maximum Gasteiger partial charge on any atom is 0.262 e. The summed E-state index contributed by atoms with van der Waals surface area (Å²) < 4.78 is 45.8. The molecule has 1 fully saturated rings. The first kappa shape index (κ1) is 19.1. The Balaban J connectivity index is 1.98. The van der Waals surface area contributed by atoms with Gasteiger partial charge in [0.2, 0.25) is 0 Å². The van der Waals surface area contributed by atoms with Gasteiger partial charge in [0.1, 0.15) is 17.6 Å². The number of hydrogen-bond acceptors (Lipinski definition) is 5. The van der Waals surface area contributed by atoms with E-state index in [0.29, 0.717) is 5.69 Å².